The molecule has 0 aliphatic carbocycles. The molecule has 0 N–H and O–H groups in total. The highest BCUT2D eigenvalue weighted by Crippen LogP contribution is 2.60. The summed E-state index contributed by atoms with van der Waals surface area (Å²) >= 11 is 0. The molecule has 37 heavy (non-hydrogen) atoms. The van der Waals surface area contributed by atoms with E-state index in [1.807, 2.05) is 60.7 Å². The van der Waals surface area contributed by atoms with Crippen molar-refractivity contribution >= 4 is 38.6 Å². The topological polar surface area (TPSA) is 45.5 Å². The first-order valence-corrected chi connectivity index (χ1v) is 12.2. The van der Waals surface area contributed by atoms with Gasteiger partial charge in [-0.3, -0.25) is 4.90 Å². The van der Waals surface area contributed by atoms with Gasteiger partial charge in [0.2, 0.25) is 0 Å². The number of rotatable bonds is 1. The Morgan fingerprint density at radius 3 is 1.92 bits per heavy atom. The quantitative estimate of drug-likeness (QED) is 0.222. The van der Waals surface area contributed by atoms with E-state index in [0.29, 0.717) is 5.56 Å². The molecule has 0 saturated carbocycles. The Hall–Kier alpha value is -5.27. The number of para-hydroxylation sites is 4. The number of ether oxygens (including phenoxy) is 2. The van der Waals surface area contributed by atoms with Crippen LogP contribution in [0.15, 0.2) is 109 Å². The third-order valence-electron chi connectivity index (χ3n) is 7.23. The molecule has 0 unspecified atom stereocenters. The molecule has 2 heterocycles. The van der Waals surface area contributed by atoms with Crippen LogP contribution in [0.5, 0.6) is 23.0 Å². The van der Waals surface area contributed by atoms with Crippen molar-refractivity contribution in [2.24, 2.45) is 0 Å². The number of hydrogen-bond donors (Lipinski definition) is 0. The molecular weight excluding hydrogens is 456 g/mol. The zero-order chi connectivity index (χ0) is 24.5. The lowest BCUT2D eigenvalue weighted by Crippen LogP contribution is -2.20. The first-order valence-electron chi connectivity index (χ1n) is 12.2. The van der Waals surface area contributed by atoms with Crippen molar-refractivity contribution in [2.45, 2.75) is 0 Å². The van der Waals surface area contributed by atoms with E-state index in [2.05, 4.69) is 59.5 Å². The highest BCUT2D eigenvalue weighted by atomic mass is 16.5. The monoisotopic (exact) mass is 474 g/mol. The highest BCUT2D eigenvalue weighted by molar-refractivity contribution is 6.10. The Morgan fingerprint density at radius 1 is 0.595 bits per heavy atom. The average Bonchev–Trinajstić information content (AvgIpc) is 2.95. The molecule has 0 spiro atoms. The predicted octanol–water partition coefficient (Wildman–Crippen LogP) is 9.21. The van der Waals surface area contributed by atoms with Gasteiger partial charge in [-0.1, -0.05) is 66.7 Å². The molecule has 0 atom stereocenters. The maximum absolute atomic E-state index is 10.3. The van der Waals surface area contributed by atoms with Gasteiger partial charge in [-0.05, 0) is 64.4 Å². The first kappa shape index (κ1) is 20.0. The Labute approximate surface area is 213 Å². The van der Waals surface area contributed by atoms with Gasteiger partial charge in [0, 0.05) is 10.8 Å². The Morgan fingerprint density at radius 2 is 1.22 bits per heavy atom. The van der Waals surface area contributed by atoms with Gasteiger partial charge in [-0.25, -0.2) is 0 Å². The van der Waals surface area contributed by atoms with Gasteiger partial charge in [0.1, 0.15) is 11.8 Å². The van der Waals surface area contributed by atoms with Gasteiger partial charge in [0.25, 0.3) is 0 Å². The third-order valence-corrected chi connectivity index (χ3v) is 7.23. The van der Waals surface area contributed by atoms with Crippen LogP contribution in [-0.4, -0.2) is 0 Å². The summed E-state index contributed by atoms with van der Waals surface area (Å²) in [5.41, 5.74) is 5.41. The number of anilines is 3. The molecule has 6 aromatic carbocycles. The van der Waals surface area contributed by atoms with Crippen LogP contribution in [0, 0.1) is 11.3 Å². The SMILES string of the molecule is N#Cc1c2ccccc2cc2cccc(-c3cc4c5c(c3)Oc3ccccc3N5c3ccccc3O4)c12. The Balaban J connectivity index is 1.43. The maximum atomic E-state index is 10.3. The second-order valence-electron chi connectivity index (χ2n) is 9.28. The van der Waals surface area contributed by atoms with Gasteiger partial charge >= 0.3 is 0 Å². The predicted molar refractivity (Wildman–Crippen MR) is 146 cm³/mol. The zero-order valence-corrected chi connectivity index (χ0v) is 19.6. The van der Waals surface area contributed by atoms with E-state index in [-0.39, 0.29) is 0 Å². The largest absolute Gasteiger partial charge is 0.453 e. The molecule has 0 fully saturated rings. The first-order chi connectivity index (χ1) is 18.3. The molecule has 2 aliphatic rings. The summed E-state index contributed by atoms with van der Waals surface area (Å²) in [5.74, 6) is 3.02. The molecule has 0 amide bonds. The summed E-state index contributed by atoms with van der Waals surface area (Å²) in [7, 11) is 0. The van der Waals surface area contributed by atoms with Crippen molar-refractivity contribution in [1.82, 2.24) is 0 Å². The van der Waals surface area contributed by atoms with Crippen LogP contribution in [-0.2, 0) is 0 Å². The molecule has 6 aromatic rings. The van der Waals surface area contributed by atoms with E-state index in [0.717, 1.165) is 72.7 Å². The van der Waals surface area contributed by atoms with Gasteiger partial charge in [-0.15, -0.1) is 0 Å². The van der Waals surface area contributed by atoms with Crippen molar-refractivity contribution in [3.8, 4) is 40.2 Å². The number of fused-ring (bicyclic) bond motifs is 6. The highest BCUT2D eigenvalue weighted by Gasteiger charge is 2.35. The Bertz CT molecular complexity index is 1900. The standard InChI is InChI=1S/C33H18N2O2/c34-19-25-23-10-2-1-8-20(23)16-21-9-7-11-24(32(21)25)22-17-30-33-31(18-22)37-29-15-6-4-13-27(29)35(33)26-12-3-5-14-28(26)36-30/h1-18H. The lowest BCUT2D eigenvalue weighted by molar-refractivity contribution is 0.446. The summed E-state index contributed by atoms with van der Waals surface area (Å²) in [6.07, 6.45) is 0. The van der Waals surface area contributed by atoms with Crippen molar-refractivity contribution in [3.05, 3.63) is 115 Å². The molecule has 8 rings (SSSR count). The van der Waals surface area contributed by atoms with Crippen LogP contribution in [0.4, 0.5) is 17.1 Å². The second kappa shape index (κ2) is 7.36. The van der Waals surface area contributed by atoms with Crippen molar-refractivity contribution in [2.75, 3.05) is 4.90 Å². The number of hydrogen-bond acceptors (Lipinski definition) is 4. The number of nitrogens with zero attached hydrogens (tertiary/aromatic N) is 2. The van der Waals surface area contributed by atoms with Crippen LogP contribution in [0.3, 0.4) is 0 Å². The van der Waals surface area contributed by atoms with Crippen LogP contribution >= 0.6 is 0 Å². The van der Waals surface area contributed by atoms with E-state index < -0.39 is 0 Å². The second-order valence-corrected chi connectivity index (χ2v) is 9.28. The molecule has 4 heteroatoms. The minimum Gasteiger partial charge on any atom is -0.453 e. The minimum atomic E-state index is 0.675. The average molecular weight is 475 g/mol. The molecule has 172 valence electrons. The van der Waals surface area contributed by atoms with E-state index in [1.165, 1.54) is 0 Å². The maximum Gasteiger partial charge on any atom is 0.156 e. The van der Waals surface area contributed by atoms with Crippen molar-refractivity contribution in [3.63, 3.8) is 0 Å². The molecule has 0 bridgehead atoms. The number of benzene rings is 6. The van der Waals surface area contributed by atoms with Gasteiger partial charge < -0.3 is 9.47 Å². The molecule has 4 nitrogen and oxygen atoms in total. The smallest absolute Gasteiger partial charge is 0.156 e. The van der Waals surface area contributed by atoms with Crippen LogP contribution in [0.1, 0.15) is 5.56 Å². The van der Waals surface area contributed by atoms with Crippen LogP contribution in [0.2, 0.25) is 0 Å². The normalized spacial score (nSPS) is 12.7. The van der Waals surface area contributed by atoms with Crippen LogP contribution in [0.25, 0.3) is 32.7 Å². The van der Waals surface area contributed by atoms with Crippen molar-refractivity contribution in [1.29, 1.82) is 5.26 Å². The Kier molecular flexibility index (Phi) is 3.98. The lowest BCUT2D eigenvalue weighted by atomic mass is 9.90. The molecule has 0 aromatic heterocycles. The summed E-state index contributed by atoms with van der Waals surface area (Å²) in [6.45, 7) is 0. The van der Waals surface area contributed by atoms with E-state index in [4.69, 9.17) is 9.47 Å². The van der Waals surface area contributed by atoms with E-state index in [1.54, 1.807) is 0 Å². The molecule has 0 radical (unpaired) electrons. The van der Waals surface area contributed by atoms with Gasteiger partial charge in [0.05, 0.1) is 16.9 Å². The van der Waals surface area contributed by atoms with E-state index in [9.17, 15) is 5.26 Å². The fraction of sp³-hybridized carbons (Fsp3) is 0. The fourth-order valence-electron chi connectivity index (χ4n) is 5.66. The summed E-state index contributed by atoms with van der Waals surface area (Å²) in [6, 6.07) is 39.1. The van der Waals surface area contributed by atoms with Crippen LogP contribution < -0.4 is 14.4 Å². The fourth-order valence-corrected chi connectivity index (χ4v) is 5.66. The summed E-state index contributed by atoms with van der Waals surface area (Å²) in [4.78, 5) is 2.21. The summed E-state index contributed by atoms with van der Waals surface area (Å²) < 4.78 is 12.9. The van der Waals surface area contributed by atoms with E-state index >= 15 is 0 Å². The van der Waals surface area contributed by atoms with Gasteiger partial charge in [0.15, 0.2) is 23.0 Å². The van der Waals surface area contributed by atoms with Gasteiger partial charge in [-0.2, -0.15) is 5.26 Å². The number of nitriles is 1. The minimum absolute atomic E-state index is 0.675. The molecule has 2 aliphatic heterocycles. The molecular formula is C33H18N2O2. The molecule has 0 saturated heterocycles. The third kappa shape index (κ3) is 2.77. The lowest BCUT2D eigenvalue weighted by Gasteiger charge is -2.38. The summed E-state index contributed by atoms with van der Waals surface area (Å²) in [5, 5.41) is 14.2. The van der Waals surface area contributed by atoms with Crippen molar-refractivity contribution < 1.29 is 9.47 Å². The zero-order valence-electron chi connectivity index (χ0n) is 19.6.